The van der Waals surface area contributed by atoms with Gasteiger partial charge in [-0.25, -0.2) is 4.39 Å². The Labute approximate surface area is 88.0 Å². The predicted octanol–water partition coefficient (Wildman–Crippen LogP) is 2.22. The van der Waals surface area contributed by atoms with Gasteiger partial charge in [0.1, 0.15) is 5.82 Å². The van der Waals surface area contributed by atoms with Crippen molar-refractivity contribution in [2.75, 3.05) is 20.3 Å². The summed E-state index contributed by atoms with van der Waals surface area (Å²) in [6.07, 6.45) is 0. The number of benzene rings is 1. The molecule has 1 aromatic rings. The zero-order valence-corrected chi connectivity index (χ0v) is 8.77. The van der Waals surface area contributed by atoms with E-state index in [0.717, 1.165) is 12.1 Å². The van der Waals surface area contributed by atoms with Crippen molar-refractivity contribution in [1.82, 2.24) is 5.32 Å². The molecule has 0 saturated heterocycles. The van der Waals surface area contributed by atoms with Gasteiger partial charge < -0.3 is 10.1 Å². The Balaban J connectivity index is 2.39. The lowest BCUT2D eigenvalue weighted by Gasteiger charge is -2.04. The molecule has 1 N–H and O–H groups in total. The fourth-order valence-electron chi connectivity index (χ4n) is 1.06. The van der Waals surface area contributed by atoms with E-state index in [2.05, 4.69) is 5.32 Å². The van der Waals surface area contributed by atoms with E-state index >= 15 is 0 Å². The standard InChI is InChI=1S/C10H13ClFNO/c1-14-5-4-13-7-8-2-3-9(11)10(12)6-8/h2-3,6,13H,4-5,7H2,1H3. The average Bonchev–Trinajstić information content (AvgIpc) is 2.18. The summed E-state index contributed by atoms with van der Waals surface area (Å²) >= 11 is 5.55. The Morgan fingerprint density at radius 3 is 2.93 bits per heavy atom. The molecule has 0 aliphatic carbocycles. The van der Waals surface area contributed by atoms with Crippen molar-refractivity contribution in [3.8, 4) is 0 Å². The van der Waals surface area contributed by atoms with E-state index in [0.29, 0.717) is 13.2 Å². The number of halogens is 2. The van der Waals surface area contributed by atoms with E-state index in [4.69, 9.17) is 16.3 Å². The Bertz CT molecular complexity index is 293. The van der Waals surface area contributed by atoms with Gasteiger partial charge in [-0.05, 0) is 17.7 Å². The highest BCUT2D eigenvalue weighted by Crippen LogP contribution is 2.15. The maximum Gasteiger partial charge on any atom is 0.142 e. The van der Waals surface area contributed by atoms with E-state index in [1.54, 1.807) is 19.2 Å². The molecule has 0 amide bonds. The van der Waals surface area contributed by atoms with Crippen molar-refractivity contribution in [2.45, 2.75) is 6.54 Å². The highest BCUT2D eigenvalue weighted by Gasteiger charge is 1.99. The van der Waals surface area contributed by atoms with Crippen molar-refractivity contribution < 1.29 is 9.13 Å². The van der Waals surface area contributed by atoms with Crippen LogP contribution in [0.3, 0.4) is 0 Å². The first-order valence-corrected chi connectivity index (χ1v) is 4.75. The van der Waals surface area contributed by atoms with E-state index in [9.17, 15) is 4.39 Å². The number of methoxy groups -OCH3 is 1. The van der Waals surface area contributed by atoms with E-state index in [1.165, 1.54) is 6.07 Å². The van der Waals surface area contributed by atoms with Crippen LogP contribution in [0.25, 0.3) is 0 Å². The van der Waals surface area contributed by atoms with Gasteiger partial charge in [0.05, 0.1) is 11.6 Å². The molecule has 1 rings (SSSR count). The fraction of sp³-hybridized carbons (Fsp3) is 0.400. The average molecular weight is 218 g/mol. The third-order valence-electron chi connectivity index (χ3n) is 1.80. The van der Waals surface area contributed by atoms with Crippen LogP contribution in [-0.2, 0) is 11.3 Å². The molecule has 0 atom stereocenters. The minimum absolute atomic E-state index is 0.158. The van der Waals surface area contributed by atoms with Crippen LogP contribution >= 0.6 is 11.6 Å². The second-order valence-corrected chi connectivity index (χ2v) is 3.33. The number of nitrogens with one attached hydrogen (secondary N) is 1. The molecular formula is C10H13ClFNO. The quantitative estimate of drug-likeness (QED) is 0.764. The van der Waals surface area contributed by atoms with Crippen LogP contribution < -0.4 is 5.32 Å². The van der Waals surface area contributed by atoms with Crippen molar-refractivity contribution in [3.63, 3.8) is 0 Å². The van der Waals surface area contributed by atoms with E-state index in [1.807, 2.05) is 0 Å². The molecule has 0 aliphatic rings. The number of hydrogen-bond acceptors (Lipinski definition) is 2. The summed E-state index contributed by atoms with van der Waals surface area (Å²) in [5.41, 5.74) is 0.878. The van der Waals surface area contributed by atoms with Crippen molar-refractivity contribution in [2.24, 2.45) is 0 Å². The normalized spacial score (nSPS) is 10.5. The molecular weight excluding hydrogens is 205 g/mol. The maximum absolute atomic E-state index is 13.0. The van der Waals surface area contributed by atoms with Gasteiger partial charge in [0.2, 0.25) is 0 Å². The second kappa shape index (κ2) is 5.96. The third kappa shape index (κ3) is 3.62. The highest BCUT2D eigenvalue weighted by atomic mass is 35.5. The summed E-state index contributed by atoms with van der Waals surface area (Å²) in [4.78, 5) is 0. The molecule has 0 fully saturated rings. The number of rotatable bonds is 5. The van der Waals surface area contributed by atoms with Gasteiger partial charge in [-0.1, -0.05) is 17.7 Å². The molecule has 0 unspecified atom stereocenters. The van der Waals surface area contributed by atoms with Gasteiger partial charge in [0.25, 0.3) is 0 Å². The van der Waals surface area contributed by atoms with Crippen LogP contribution in [0.4, 0.5) is 4.39 Å². The van der Waals surface area contributed by atoms with Gasteiger partial charge in [0.15, 0.2) is 0 Å². The highest BCUT2D eigenvalue weighted by molar-refractivity contribution is 6.30. The fourth-order valence-corrected chi connectivity index (χ4v) is 1.17. The third-order valence-corrected chi connectivity index (χ3v) is 2.10. The lowest BCUT2D eigenvalue weighted by atomic mass is 10.2. The Kier molecular flexibility index (Phi) is 4.87. The summed E-state index contributed by atoms with van der Waals surface area (Å²) < 4.78 is 17.8. The largest absolute Gasteiger partial charge is 0.383 e. The number of ether oxygens (including phenoxy) is 1. The molecule has 0 bridgehead atoms. The van der Waals surface area contributed by atoms with Crippen molar-refractivity contribution in [1.29, 1.82) is 0 Å². The Morgan fingerprint density at radius 1 is 1.50 bits per heavy atom. The molecule has 0 heterocycles. The lowest BCUT2D eigenvalue weighted by Crippen LogP contribution is -2.18. The van der Waals surface area contributed by atoms with Crippen LogP contribution in [0.2, 0.25) is 5.02 Å². The molecule has 0 radical (unpaired) electrons. The van der Waals surface area contributed by atoms with Crippen molar-refractivity contribution >= 4 is 11.6 Å². The zero-order chi connectivity index (χ0) is 10.4. The summed E-state index contributed by atoms with van der Waals surface area (Å²) in [6.45, 7) is 2.02. The molecule has 14 heavy (non-hydrogen) atoms. The minimum Gasteiger partial charge on any atom is -0.383 e. The van der Waals surface area contributed by atoms with Crippen LogP contribution in [0, 0.1) is 5.82 Å². The predicted molar refractivity (Wildman–Crippen MR) is 55.0 cm³/mol. The smallest absolute Gasteiger partial charge is 0.142 e. The molecule has 78 valence electrons. The Morgan fingerprint density at radius 2 is 2.29 bits per heavy atom. The first-order valence-electron chi connectivity index (χ1n) is 4.37. The van der Waals surface area contributed by atoms with Gasteiger partial charge >= 0.3 is 0 Å². The molecule has 4 heteroatoms. The molecule has 0 spiro atoms. The van der Waals surface area contributed by atoms with Gasteiger partial charge in [0, 0.05) is 20.2 Å². The van der Waals surface area contributed by atoms with Gasteiger partial charge in [-0.2, -0.15) is 0 Å². The second-order valence-electron chi connectivity index (χ2n) is 2.92. The van der Waals surface area contributed by atoms with Crippen molar-refractivity contribution in [3.05, 3.63) is 34.6 Å². The summed E-state index contributed by atoms with van der Waals surface area (Å²) in [5, 5.41) is 3.27. The first kappa shape index (κ1) is 11.4. The Hall–Kier alpha value is -0.640. The zero-order valence-electron chi connectivity index (χ0n) is 8.02. The van der Waals surface area contributed by atoms with E-state index in [-0.39, 0.29) is 10.8 Å². The summed E-state index contributed by atoms with van der Waals surface area (Å²) in [6, 6.07) is 4.79. The number of hydrogen-bond donors (Lipinski definition) is 1. The molecule has 2 nitrogen and oxygen atoms in total. The first-order chi connectivity index (χ1) is 6.74. The van der Waals surface area contributed by atoms with Gasteiger partial charge in [-0.15, -0.1) is 0 Å². The molecule has 0 saturated carbocycles. The van der Waals surface area contributed by atoms with Crippen LogP contribution in [0.1, 0.15) is 5.56 Å². The summed E-state index contributed by atoms with van der Waals surface area (Å²) in [5.74, 6) is -0.377. The monoisotopic (exact) mass is 217 g/mol. The van der Waals surface area contributed by atoms with Crippen LogP contribution in [0.15, 0.2) is 18.2 Å². The van der Waals surface area contributed by atoms with E-state index < -0.39 is 0 Å². The van der Waals surface area contributed by atoms with Crippen LogP contribution in [-0.4, -0.2) is 20.3 Å². The maximum atomic E-state index is 13.0. The SMILES string of the molecule is COCCNCc1ccc(Cl)c(F)c1. The van der Waals surface area contributed by atoms with Gasteiger partial charge in [-0.3, -0.25) is 0 Å². The molecule has 0 aliphatic heterocycles. The summed E-state index contributed by atoms with van der Waals surface area (Å²) in [7, 11) is 1.64. The lowest BCUT2D eigenvalue weighted by molar-refractivity contribution is 0.199. The minimum atomic E-state index is -0.377. The molecule has 0 aromatic heterocycles. The topological polar surface area (TPSA) is 21.3 Å². The molecule has 1 aromatic carbocycles. The van der Waals surface area contributed by atoms with Crippen LogP contribution in [0.5, 0.6) is 0 Å².